The fourth-order valence-corrected chi connectivity index (χ4v) is 4.27. The van der Waals surface area contributed by atoms with Gasteiger partial charge in [-0.2, -0.15) is 0 Å². The standard InChI is InChI=1S/C35H32O8/c1-22(2)34(38)42-30(24-13-7-5-8-14-24)20-40-29-19-28(33(36)37)32(27-18-12-11-17-26(27)29)41-21-31(43-35(39)23(3)4)25-15-9-6-10-16-25/h5-19,30-31H,1,3,20-21H2,2,4H3,(H,36,37). The summed E-state index contributed by atoms with van der Waals surface area (Å²) in [7, 11) is 0. The molecule has 0 aliphatic carbocycles. The lowest BCUT2D eigenvalue weighted by Gasteiger charge is -2.22. The first-order valence-electron chi connectivity index (χ1n) is 13.5. The van der Waals surface area contributed by atoms with Gasteiger partial charge in [-0.05, 0) is 31.0 Å². The molecule has 0 saturated heterocycles. The molecule has 0 saturated carbocycles. The SMILES string of the molecule is C=C(C)C(=O)OC(COc1cc(C(=O)O)c(OCC(OC(=O)C(=C)C)c2ccccc2)c2ccccc12)c1ccccc1. The summed E-state index contributed by atoms with van der Waals surface area (Å²) in [5.74, 6) is -2.05. The van der Waals surface area contributed by atoms with Crippen molar-refractivity contribution in [1.29, 1.82) is 0 Å². The number of carboxylic acid groups (broad SMARTS) is 1. The number of hydrogen-bond acceptors (Lipinski definition) is 7. The lowest BCUT2D eigenvalue weighted by Crippen LogP contribution is -2.20. The van der Waals surface area contributed by atoms with E-state index in [4.69, 9.17) is 18.9 Å². The molecule has 2 atom stereocenters. The average molecular weight is 581 g/mol. The van der Waals surface area contributed by atoms with E-state index in [1.807, 2.05) is 24.3 Å². The average Bonchev–Trinajstić information content (AvgIpc) is 3.01. The van der Waals surface area contributed by atoms with Crippen LogP contribution in [0.5, 0.6) is 11.5 Å². The summed E-state index contributed by atoms with van der Waals surface area (Å²) >= 11 is 0. The summed E-state index contributed by atoms with van der Waals surface area (Å²) in [6.45, 7) is 10.2. The maximum absolute atomic E-state index is 12.5. The van der Waals surface area contributed by atoms with Crippen LogP contribution in [0.1, 0.15) is 47.5 Å². The Morgan fingerprint density at radius 1 is 0.674 bits per heavy atom. The monoisotopic (exact) mass is 580 g/mol. The van der Waals surface area contributed by atoms with E-state index < -0.39 is 30.1 Å². The number of carbonyl (C=O) groups is 3. The fourth-order valence-electron chi connectivity index (χ4n) is 4.27. The molecule has 4 aromatic carbocycles. The second kappa shape index (κ2) is 14.0. The Morgan fingerprint density at radius 3 is 1.58 bits per heavy atom. The van der Waals surface area contributed by atoms with Crippen molar-refractivity contribution in [2.45, 2.75) is 26.1 Å². The fraction of sp³-hybridized carbons (Fsp3) is 0.171. The van der Waals surface area contributed by atoms with Gasteiger partial charge >= 0.3 is 17.9 Å². The number of benzene rings is 4. The molecule has 0 bridgehead atoms. The Balaban J connectivity index is 1.68. The predicted molar refractivity (Wildman–Crippen MR) is 162 cm³/mol. The van der Waals surface area contributed by atoms with Crippen molar-refractivity contribution in [3.05, 3.63) is 132 Å². The number of ether oxygens (including phenoxy) is 4. The molecular formula is C35H32O8. The lowest BCUT2D eigenvalue weighted by molar-refractivity contribution is -0.147. The maximum Gasteiger partial charge on any atom is 0.339 e. The van der Waals surface area contributed by atoms with Crippen LogP contribution in [-0.4, -0.2) is 36.2 Å². The van der Waals surface area contributed by atoms with Gasteiger partial charge in [-0.1, -0.05) is 98.1 Å². The quantitative estimate of drug-likeness (QED) is 0.133. The van der Waals surface area contributed by atoms with E-state index in [1.165, 1.54) is 6.07 Å². The Bertz CT molecular complexity index is 1640. The van der Waals surface area contributed by atoms with Crippen molar-refractivity contribution in [2.24, 2.45) is 0 Å². The Hall–Kier alpha value is -5.37. The number of aromatic carboxylic acids is 1. The van der Waals surface area contributed by atoms with E-state index >= 15 is 0 Å². The van der Waals surface area contributed by atoms with E-state index in [0.29, 0.717) is 21.9 Å². The third-order valence-corrected chi connectivity index (χ3v) is 6.50. The van der Waals surface area contributed by atoms with Crippen molar-refractivity contribution < 1.29 is 38.4 Å². The first kappa shape index (κ1) is 30.6. The molecule has 1 N–H and O–H groups in total. The summed E-state index contributed by atoms with van der Waals surface area (Å²) in [4.78, 5) is 37.2. The van der Waals surface area contributed by atoms with Gasteiger partial charge in [0, 0.05) is 21.9 Å². The molecule has 8 heteroatoms. The second-order valence-corrected chi connectivity index (χ2v) is 9.89. The highest BCUT2D eigenvalue weighted by Crippen LogP contribution is 2.38. The molecule has 220 valence electrons. The molecule has 4 rings (SSSR count). The molecule has 4 aromatic rings. The van der Waals surface area contributed by atoms with Gasteiger partial charge in [0.2, 0.25) is 0 Å². The Morgan fingerprint density at radius 2 is 1.12 bits per heavy atom. The van der Waals surface area contributed by atoms with Crippen LogP contribution in [-0.2, 0) is 19.1 Å². The van der Waals surface area contributed by atoms with Crippen LogP contribution in [0.2, 0.25) is 0 Å². The summed E-state index contributed by atoms with van der Waals surface area (Å²) in [6, 6.07) is 26.5. The summed E-state index contributed by atoms with van der Waals surface area (Å²) < 4.78 is 23.5. The highest BCUT2D eigenvalue weighted by molar-refractivity contribution is 6.03. The zero-order valence-electron chi connectivity index (χ0n) is 23.9. The Labute approximate surface area is 249 Å². The number of carbonyl (C=O) groups excluding carboxylic acids is 2. The predicted octanol–water partition coefficient (Wildman–Crippen LogP) is 7.02. The van der Waals surface area contributed by atoms with Gasteiger partial charge in [0.05, 0.1) is 0 Å². The van der Waals surface area contributed by atoms with E-state index in [0.717, 1.165) is 0 Å². The lowest BCUT2D eigenvalue weighted by atomic mass is 10.0. The van der Waals surface area contributed by atoms with E-state index in [9.17, 15) is 19.5 Å². The molecule has 0 heterocycles. The van der Waals surface area contributed by atoms with Crippen molar-refractivity contribution in [1.82, 2.24) is 0 Å². The van der Waals surface area contributed by atoms with Gasteiger partial charge in [0.25, 0.3) is 0 Å². The molecule has 0 spiro atoms. The molecular weight excluding hydrogens is 548 g/mol. The van der Waals surface area contributed by atoms with Crippen molar-refractivity contribution >= 4 is 28.7 Å². The van der Waals surface area contributed by atoms with Crippen LogP contribution in [0, 0.1) is 0 Å². The van der Waals surface area contributed by atoms with E-state index in [1.54, 1.807) is 74.5 Å². The summed E-state index contributed by atoms with van der Waals surface area (Å²) in [5, 5.41) is 11.2. The number of fused-ring (bicyclic) bond motifs is 1. The van der Waals surface area contributed by atoms with Gasteiger partial charge in [-0.15, -0.1) is 0 Å². The minimum atomic E-state index is -1.24. The van der Waals surface area contributed by atoms with Gasteiger partial charge in [-0.25, -0.2) is 14.4 Å². The van der Waals surface area contributed by atoms with Crippen molar-refractivity contribution in [2.75, 3.05) is 13.2 Å². The van der Waals surface area contributed by atoms with E-state index in [2.05, 4.69) is 13.2 Å². The number of esters is 2. The van der Waals surface area contributed by atoms with E-state index in [-0.39, 0.29) is 41.4 Å². The summed E-state index contributed by atoms with van der Waals surface area (Å²) in [5.41, 5.74) is 1.69. The number of hydrogen-bond donors (Lipinski definition) is 1. The third-order valence-electron chi connectivity index (χ3n) is 6.50. The topological polar surface area (TPSA) is 108 Å². The molecule has 0 aliphatic heterocycles. The molecule has 0 amide bonds. The molecule has 0 fully saturated rings. The Kier molecular flexibility index (Phi) is 9.96. The molecule has 0 aliphatic rings. The zero-order valence-corrected chi connectivity index (χ0v) is 23.9. The van der Waals surface area contributed by atoms with Gasteiger partial charge in [0.15, 0.2) is 12.2 Å². The van der Waals surface area contributed by atoms with Crippen molar-refractivity contribution in [3.63, 3.8) is 0 Å². The van der Waals surface area contributed by atoms with Crippen LogP contribution < -0.4 is 9.47 Å². The molecule has 43 heavy (non-hydrogen) atoms. The highest BCUT2D eigenvalue weighted by Gasteiger charge is 2.24. The van der Waals surface area contributed by atoms with Gasteiger partial charge in [0.1, 0.15) is 30.3 Å². The van der Waals surface area contributed by atoms with Gasteiger partial charge < -0.3 is 24.1 Å². The van der Waals surface area contributed by atoms with Crippen molar-refractivity contribution in [3.8, 4) is 11.5 Å². The minimum absolute atomic E-state index is 0.0841. The van der Waals surface area contributed by atoms with Gasteiger partial charge in [-0.3, -0.25) is 0 Å². The summed E-state index contributed by atoms with van der Waals surface area (Å²) in [6.07, 6.45) is -1.60. The minimum Gasteiger partial charge on any atom is -0.489 e. The second-order valence-electron chi connectivity index (χ2n) is 9.89. The smallest absolute Gasteiger partial charge is 0.339 e. The molecule has 2 unspecified atom stereocenters. The molecule has 0 radical (unpaired) electrons. The third kappa shape index (κ3) is 7.68. The van der Waals surface area contributed by atoms with Crippen LogP contribution in [0.4, 0.5) is 0 Å². The molecule has 8 nitrogen and oxygen atoms in total. The first-order chi connectivity index (χ1) is 20.7. The largest absolute Gasteiger partial charge is 0.489 e. The van der Waals surface area contributed by atoms with Crippen LogP contribution >= 0.6 is 0 Å². The normalized spacial score (nSPS) is 12.0. The number of carboxylic acids is 1. The maximum atomic E-state index is 12.5. The van der Waals surface area contributed by atoms with Crippen LogP contribution in [0.3, 0.4) is 0 Å². The number of rotatable bonds is 13. The zero-order chi connectivity index (χ0) is 30.9. The molecule has 0 aromatic heterocycles. The highest BCUT2D eigenvalue weighted by atomic mass is 16.6. The first-order valence-corrected chi connectivity index (χ1v) is 13.5. The van der Waals surface area contributed by atoms with Crippen LogP contribution in [0.25, 0.3) is 10.8 Å². The van der Waals surface area contributed by atoms with Crippen LogP contribution in [0.15, 0.2) is 115 Å².